The van der Waals surface area contributed by atoms with Gasteiger partial charge in [-0.3, -0.25) is 4.79 Å². The Hall–Kier alpha value is -1.46. The second kappa shape index (κ2) is 7.41. The molecule has 3 rings (SSSR count). The van der Waals surface area contributed by atoms with E-state index in [0.29, 0.717) is 17.7 Å². The highest BCUT2D eigenvalue weighted by Crippen LogP contribution is 2.40. The minimum Gasteiger partial charge on any atom is -0.310 e. The lowest BCUT2D eigenvalue weighted by molar-refractivity contribution is -0.113. The lowest BCUT2D eigenvalue weighted by Gasteiger charge is -2.15. The fourth-order valence-corrected chi connectivity index (χ4v) is 3.57. The average molecular weight is 350 g/mol. The third-order valence-corrected chi connectivity index (χ3v) is 5.26. The second-order valence-corrected chi connectivity index (χ2v) is 7.33. The smallest absolute Gasteiger partial charge is 0.235 e. The number of hydrogen-bond donors (Lipinski definition) is 1. The molecule has 2 aromatic rings. The summed E-state index contributed by atoms with van der Waals surface area (Å²) in [5.74, 6) is 2.67. The van der Waals surface area contributed by atoms with Gasteiger partial charge < -0.3 is 5.32 Å². The normalized spacial score (nSPS) is 15.4. The van der Waals surface area contributed by atoms with Crippen LogP contribution in [0.3, 0.4) is 0 Å². The number of hydrogen-bond acceptors (Lipinski definition) is 3. The third-order valence-electron chi connectivity index (χ3n) is 4.02. The molecule has 1 fully saturated rings. The van der Waals surface area contributed by atoms with Crippen LogP contribution >= 0.6 is 23.4 Å². The van der Waals surface area contributed by atoms with Crippen LogP contribution in [0, 0.1) is 5.92 Å². The molecule has 1 aromatic heterocycles. The van der Waals surface area contributed by atoms with Gasteiger partial charge in [-0.15, -0.1) is 11.8 Å². The molecule has 1 aliphatic carbocycles. The van der Waals surface area contributed by atoms with E-state index in [2.05, 4.69) is 17.3 Å². The first-order chi connectivity index (χ1) is 11.1. The maximum absolute atomic E-state index is 12.1. The van der Waals surface area contributed by atoms with Gasteiger partial charge in [0.1, 0.15) is 5.82 Å². The van der Waals surface area contributed by atoms with Crippen LogP contribution in [0.5, 0.6) is 0 Å². The fourth-order valence-electron chi connectivity index (χ4n) is 2.58. The first-order valence-corrected chi connectivity index (χ1v) is 9.32. The summed E-state index contributed by atoms with van der Waals surface area (Å²) in [6.07, 6.45) is 4.25. The molecule has 1 aromatic carbocycles. The van der Waals surface area contributed by atoms with Crippen LogP contribution in [0.15, 0.2) is 36.5 Å². The van der Waals surface area contributed by atoms with Gasteiger partial charge in [-0.1, -0.05) is 23.7 Å². The summed E-state index contributed by atoms with van der Waals surface area (Å²) in [5.41, 5.74) is 1.13. The number of nitrogens with one attached hydrogen (secondary N) is 1. The summed E-state index contributed by atoms with van der Waals surface area (Å²) in [6.45, 7) is 2.16. The van der Waals surface area contributed by atoms with Gasteiger partial charge >= 0.3 is 0 Å². The quantitative estimate of drug-likeness (QED) is 0.806. The zero-order chi connectivity index (χ0) is 16.2. The van der Waals surface area contributed by atoms with Crippen molar-refractivity contribution in [3.63, 3.8) is 0 Å². The first kappa shape index (κ1) is 16.4. The molecule has 1 atom stereocenters. The molecular formula is C17H20ClN3OS. The lowest BCUT2D eigenvalue weighted by Crippen LogP contribution is -2.19. The van der Waals surface area contributed by atoms with Gasteiger partial charge in [-0.2, -0.15) is 5.10 Å². The van der Waals surface area contributed by atoms with Crippen molar-refractivity contribution >= 4 is 35.1 Å². The van der Waals surface area contributed by atoms with Crippen molar-refractivity contribution in [2.45, 2.75) is 31.6 Å². The van der Waals surface area contributed by atoms with Crippen molar-refractivity contribution in [1.29, 1.82) is 0 Å². The Morgan fingerprint density at radius 1 is 1.48 bits per heavy atom. The van der Waals surface area contributed by atoms with Gasteiger partial charge in [0.05, 0.1) is 18.0 Å². The van der Waals surface area contributed by atoms with Crippen molar-refractivity contribution < 1.29 is 4.79 Å². The van der Waals surface area contributed by atoms with Crippen LogP contribution in [0.2, 0.25) is 5.02 Å². The van der Waals surface area contributed by atoms with E-state index in [1.165, 1.54) is 12.8 Å². The minimum atomic E-state index is 0.00164. The molecule has 4 nitrogen and oxygen atoms in total. The Morgan fingerprint density at radius 2 is 2.30 bits per heavy atom. The lowest BCUT2D eigenvalue weighted by atomic mass is 10.2. The molecule has 23 heavy (non-hydrogen) atoms. The molecule has 1 amide bonds. The van der Waals surface area contributed by atoms with E-state index in [9.17, 15) is 4.79 Å². The number of benzene rings is 1. The number of halogens is 1. The van der Waals surface area contributed by atoms with Crippen molar-refractivity contribution in [2.24, 2.45) is 5.92 Å². The number of aromatic nitrogens is 2. The number of rotatable bonds is 7. The van der Waals surface area contributed by atoms with E-state index < -0.39 is 0 Å². The fraction of sp³-hybridized carbons (Fsp3) is 0.412. The largest absolute Gasteiger partial charge is 0.310 e. The molecular weight excluding hydrogens is 330 g/mol. The molecule has 1 saturated carbocycles. The van der Waals surface area contributed by atoms with Crippen LogP contribution in [0.25, 0.3) is 0 Å². The molecule has 0 saturated heterocycles. The van der Waals surface area contributed by atoms with E-state index in [4.69, 9.17) is 11.6 Å². The molecule has 1 heterocycles. The number of anilines is 1. The number of carbonyl (C=O) groups is 1. The van der Waals surface area contributed by atoms with Crippen molar-refractivity contribution in [2.75, 3.05) is 11.1 Å². The monoisotopic (exact) mass is 349 g/mol. The zero-order valence-corrected chi connectivity index (χ0v) is 14.6. The molecule has 6 heteroatoms. The average Bonchev–Trinajstić information content (AvgIpc) is 3.27. The summed E-state index contributed by atoms with van der Waals surface area (Å²) in [6, 6.07) is 9.93. The maximum atomic E-state index is 12.1. The molecule has 1 unspecified atom stereocenters. The second-order valence-electron chi connectivity index (χ2n) is 5.91. The summed E-state index contributed by atoms with van der Waals surface area (Å²) < 4.78 is 1.93. The molecule has 1 aliphatic rings. The van der Waals surface area contributed by atoms with Crippen molar-refractivity contribution in [3.8, 4) is 0 Å². The minimum absolute atomic E-state index is 0.00164. The molecule has 0 bridgehead atoms. The maximum Gasteiger partial charge on any atom is 0.235 e. The summed E-state index contributed by atoms with van der Waals surface area (Å²) in [7, 11) is 0. The van der Waals surface area contributed by atoms with Crippen LogP contribution < -0.4 is 5.32 Å². The van der Waals surface area contributed by atoms with Crippen molar-refractivity contribution in [1.82, 2.24) is 9.78 Å². The molecule has 1 N–H and O–H groups in total. The van der Waals surface area contributed by atoms with E-state index in [1.54, 1.807) is 18.0 Å². The summed E-state index contributed by atoms with van der Waals surface area (Å²) >= 11 is 7.54. The van der Waals surface area contributed by atoms with Gasteiger partial charge in [-0.05, 0) is 43.4 Å². The summed E-state index contributed by atoms with van der Waals surface area (Å²) in [5, 5.41) is 8.04. The predicted molar refractivity (Wildman–Crippen MR) is 95.9 cm³/mol. The first-order valence-electron chi connectivity index (χ1n) is 7.79. The van der Waals surface area contributed by atoms with Gasteiger partial charge in [0, 0.05) is 16.8 Å². The molecule has 0 radical (unpaired) electrons. The van der Waals surface area contributed by atoms with Crippen LogP contribution in [0.4, 0.5) is 5.82 Å². The highest BCUT2D eigenvalue weighted by molar-refractivity contribution is 7.99. The number of nitrogens with zero attached hydrogens (tertiary/aromatic N) is 2. The summed E-state index contributed by atoms with van der Waals surface area (Å²) in [4.78, 5) is 12.1. The van der Waals surface area contributed by atoms with E-state index in [1.807, 2.05) is 35.0 Å². The molecule has 0 spiro atoms. The topological polar surface area (TPSA) is 46.9 Å². The van der Waals surface area contributed by atoms with Crippen LogP contribution in [-0.4, -0.2) is 21.4 Å². The van der Waals surface area contributed by atoms with Gasteiger partial charge in [0.2, 0.25) is 5.91 Å². The zero-order valence-electron chi connectivity index (χ0n) is 13.0. The molecule has 122 valence electrons. The number of amides is 1. The standard InChI is InChI=1S/C17H20ClN3OS/c1-12(14-5-6-14)21-16(7-8-19-21)20-17(22)11-23-10-13-3-2-4-15(18)9-13/h2-4,7-9,12,14H,5-6,10-11H2,1H3,(H,20,22). The Labute approximate surface area is 145 Å². The molecule has 0 aliphatic heterocycles. The van der Waals surface area contributed by atoms with Gasteiger partial charge in [-0.25, -0.2) is 4.68 Å². The number of thioether (sulfide) groups is 1. The Bertz CT molecular complexity index is 684. The number of carbonyl (C=O) groups excluding carboxylic acids is 1. The van der Waals surface area contributed by atoms with E-state index in [0.717, 1.165) is 22.2 Å². The highest BCUT2D eigenvalue weighted by atomic mass is 35.5. The van der Waals surface area contributed by atoms with Crippen LogP contribution in [-0.2, 0) is 10.5 Å². The Kier molecular flexibility index (Phi) is 5.28. The third kappa shape index (κ3) is 4.52. The van der Waals surface area contributed by atoms with Gasteiger partial charge in [0.25, 0.3) is 0 Å². The Morgan fingerprint density at radius 3 is 3.04 bits per heavy atom. The predicted octanol–water partition coefficient (Wildman–Crippen LogP) is 4.38. The van der Waals surface area contributed by atoms with Crippen molar-refractivity contribution in [3.05, 3.63) is 47.1 Å². The van der Waals surface area contributed by atoms with E-state index >= 15 is 0 Å². The Balaban J connectivity index is 1.49. The SMILES string of the molecule is CC(C1CC1)n1nccc1NC(=O)CSCc1cccc(Cl)c1. The van der Waals surface area contributed by atoms with Gasteiger partial charge in [0.15, 0.2) is 0 Å². The van der Waals surface area contributed by atoms with E-state index in [-0.39, 0.29) is 5.91 Å². The van der Waals surface area contributed by atoms with Crippen LogP contribution in [0.1, 0.15) is 31.4 Å². The highest BCUT2D eigenvalue weighted by Gasteiger charge is 2.30.